The molecule has 2 aromatic heterocycles. The number of hydrogen-bond donors (Lipinski definition) is 3. The van der Waals surface area contributed by atoms with E-state index in [1.54, 1.807) is 29.2 Å². The SMILES string of the molecule is CCS(=O)(=O)Nc1ncccc1CNc1nc(Nc2cccc(C(=O)N3CC(N(C)C)C3)c2)ncc1C(F)(F)F. The van der Waals surface area contributed by atoms with Crippen molar-refractivity contribution in [1.29, 1.82) is 0 Å². The van der Waals surface area contributed by atoms with E-state index in [-0.39, 0.29) is 30.0 Å². The van der Waals surface area contributed by atoms with Crippen molar-refractivity contribution in [2.75, 3.05) is 48.3 Å². The number of rotatable bonds is 10. The van der Waals surface area contributed by atoms with Crippen molar-refractivity contribution in [2.24, 2.45) is 0 Å². The number of nitrogens with zero attached hydrogens (tertiary/aromatic N) is 5. The molecule has 0 radical (unpaired) electrons. The molecule has 11 nitrogen and oxygen atoms in total. The minimum atomic E-state index is -4.75. The van der Waals surface area contributed by atoms with E-state index in [1.807, 2.05) is 19.0 Å². The van der Waals surface area contributed by atoms with Gasteiger partial charge in [0.25, 0.3) is 5.91 Å². The Hall–Kier alpha value is -3.98. The third-order valence-corrected chi connectivity index (χ3v) is 7.57. The van der Waals surface area contributed by atoms with Crippen LogP contribution in [0.2, 0.25) is 0 Å². The van der Waals surface area contributed by atoms with Crippen molar-refractivity contribution >= 4 is 39.2 Å². The third kappa shape index (κ3) is 6.96. The number of aromatic nitrogens is 3. The van der Waals surface area contributed by atoms with Crippen LogP contribution in [0.4, 0.5) is 36.4 Å². The first kappa shape index (κ1) is 29.0. The molecular formula is C25H29F3N8O3S. The normalized spacial score (nSPS) is 14.1. The fourth-order valence-corrected chi connectivity index (χ4v) is 4.47. The summed E-state index contributed by atoms with van der Waals surface area (Å²) >= 11 is 0. The molecule has 0 saturated carbocycles. The van der Waals surface area contributed by atoms with Crippen LogP contribution in [0.25, 0.3) is 0 Å². The highest BCUT2D eigenvalue weighted by Gasteiger charge is 2.35. The van der Waals surface area contributed by atoms with Gasteiger partial charge in [-0.3, -0.25) is 9.52 Å². The summed E-state index contributed by atoms with van der Waals surface area (Å²) in [5.74, 6) is -0.992. The van der Waals surface area contributed by atoms with Crippen LogP contribution in [0.1, 0.15) is 28.4 Å². The molecular weight excluding hydrogens is 549 g/mol. The van der Waals surface area contributed by atoms with Crippen molar-refractivity contribution < 1.29 is 26.4 Å². The lowest BCUT2D eigenvalue weighted by Gasteiger charge is -2.42. The maximum absolute atomic E-state index is 13.7. The Bertz CT molecular complexity index is 1480. The molecule has 4 rings (SSSR count). The second-order valence-corrected chi connectivity index (χ2v) is 11.4. The second-order valence-electron chi connectivity index (χ2n) is 9.36. The van der Waals surface area contributed by atoms with E-state index in [4.69, 9.17) is 0 Å². The molecule has 0 spiro atoms. The molecule has 0 aliphatic carbocycles. The average Bonchev–Trinajstić information content (AvgIpc) is 2.86. The number of carbonyl (C=O) groups is 1. The number of likely N-dealkylation sites (tertiary alicyclic amines) is 1. The lowest BCUT2D eigenvalue weighted by Crippen LogP contribution is -2.59. The fourth-order valence-electron chi connectivity index (χ4n) is 3.85. The highest BCUT2D eigenvalue weighted by atomic mass is 32.2. The highest BCUT2D eigenvalue weighted by Crippen LogP contribution is 2.34. The van der Waals surface area contributed by atoms with Crippen molar-refractivity contribution in [3.05, 3.63) is 65.5 Å². The zero-order valence-electron chi connectivity index (χ0n) is 22.0. The van der Waals surface area contributed by atoms with Crippen molar-refractivity contribution in [3.8, 4) is 0 Å². The minimum absolute atomic E-state index is 0.00148. The summed E-state index contributed by atoms with van der Waals surface area (Å²) in [5.41, 5.74) is 0.0557. The summed E-state index contributed by atoms with van der Waals surface area (Å²) in [6.07, 6.45) is -2.74. The quantitative estimate of drug-likeness (QED) is 0.331. The van der Waals surface area contributed by atoms with E-state index >= 15 is 0 Å². The maximum Gasteiger partial charge on any atom is 0.421 e. The van der Waals surface area contributed by atoms with Gasteiger partial charge in [0.15, 0.2) is 0 Å². The van der Waals surface area contributed by atoms with Gasteiger partial charge in [0, 0.05) is 54.9 Å². The van der Waals surface area contributed by atoms with Crippen LogP contribution in [-0.4, -0.2) is 78.1 Å². The van der Waals surface area contributed by atoms with Crippen LogP contribution in [0, 0.1) is 0 Å². The maximum atomic E-state index is 13.7. The van der Waals surface area contributed by atoms with Gasteiger partial charge >= 0.3 is 6.18 Å². The molecule has 1 saturated heterocycles. The Morgan fingerprint density at radius 1 is 1.12 bits per heavy atom. The third-order valence-electron chi connectivity index (χ3n) is 6.31. The number of halogens is 3. The van der Waals surface area contributed by atoms with Gasteiger partial charge < -0.3 is 20.4 Å². The summed E-state index contributed by atoms with van der Waals surface area (Å²) < 4.78 is 67.5. The number of hydrogen-bond acceptors (Lipinski definition) is 9. The van der Waals surface area contributed by atoms with Gasteiger partial charge in [-0.25, -0.2) is 18.4 Å². The molecule has 1 fully saturated rings. The topological polar surface area (TPSA) is 132 Å². The van der Waals surface area contributed by atoms with Crippen LogP contribution >= 0.6 is 0 Å². The number of carbonyl (C=O) groups excluding carboxylic acids is 1. The van der Waals surface area contributed by atoms with Gasteiger partial charge in [-0.05, 0) is 45.3 Å². The van der Waals surface area contributed by atoms with Crippen LogP contribution in [0.3, 0.4) is 0 Å². The largest absolute Gasteiger partial charge is 0.421 e. The summed E-state index contributed by atoms with van der Waals surface area (Å²) in [4.78, 5) is 28.4. The fraction of sp³-hybridized carbons (Fsp3) is 0.360. The summed E-state index contributed by atoms with van der Waals surface area (Å²) in [6, 6.07) is 9.91. The van der Waals surface area contributed by atoms with Crippen LogP contribution < -0.4 is 15.4 Å². The van der Waals surface area contributed by atoms with Gasteiger partial charge in [-0.2, -0.15) is 18.2 Å². The van der Waals surface area contributed by atoms with Crippen molar-refractivity contribution in [3.63, 3.8) is 0 Å². The van der Waals surface area contributed by atoms with Crippen molar-refractivity contribution in [2.45, 2.75) is 25.7 Å². The molecule has 3 heterocycles. The molecule has 214 valence electrons. The zero-order chi connectivity index (χ0) is 29.1. The highest BCUT2D eigenvalue weighted by molar-refractivity contribution is 7.92. The molecule has 1 amide bonds. The molecule has 3 aromatic rings. The summed E-state index contributed by atoms with van der Waals surface area (Å²) in [6.45, 7) is 2.46. The predicted molar refractivity (Wildman–Crippen MR) is 145 cm³/mol. The van der Waals surface area contributed by atoms with E-state index in [9.17, 15) is 26.4 Å². The monoisotopic (exact) mass is 578 g/mol. The summed E-state index contributed by atoms with van der Waals surface area (Å²) in [5, 5.41) is 5.48. The number of amides is 1. The average molecular weight is 579 g/mol. The molecule has 15 heteroatoms. The first-order valence-electron chi connectivity index (χ1n) is 12.3. The van der Waals surface area contributed by atoms with E-state index in [0.717, 1.165) is 0 Å². The van der Waals surface area contributed by atoms with Gasteiger partial charge in [0.05, 0.1) is 5.75 Å². The lowest BCUT2D eigenvalue weighted by molar-refractivity contribution is -0.137. The predicted octanol–water partition coefficient (Wildman–Crippen LogP) is 3.39. The molecule has 1 aliphatic rings. The number of likely N-dealkylation sites (N-methyl/N-ethyl adjacent to an activating group) is 1. The summed E-state index contributed by atoms with van der Waals surface area (Å²) in [7, 11) is 0.248. The van der Waals surface area contributed by atoms with Gasteiger partial charge in [0.1, 0.15) is 17.2 Å². The Kier molecular flexibility index (Phi) is 8.44. The number of pyridine rings is 1. The van der Waals surface area contributed by atoms with Crippen LogP contribution in [0.15, 0.2) is 48.8 Å². The Morgan fingerprint density at radius 3 is 2.55 bits per heavy atom. The van der Waals surface area contributed by atoms with Gasteiger partial charge in [0.2, 0.25) is 16.0 Å². The molecule has 3 N–H and O–H groups in total. The molecule has 40 heavy (non-hydrogen) atoms. The van der Waals surface area contributed by atoms with Crippen molar-refractivity contribution in [1.82, 2.24) is 24.8 Å². The smallest absolute Gasteiger partial charge is 0.365 e. The van der Waals surface area contributed by atoms with Crippen LogP contribution in [-0.2, 0) is 22.7 Å². The Labute approximate surface area is 229 Å². The van der Waals surface area contributed by atoms with E-state index < -0.39 is 27.6 Å². The first-order chi connectivity index (χ1) is 18.9. The lowest BCUT2D eigenvalue weighted by atomic mass is 10.1. The van der Waals surface area contributed by atoms with Crippen LogP contribution in [0.5, 0.6) is 0 Å². The van der Waals surface area contributed by atoms with E-state index in [1.165, 1.54) is 25.3 Å². The molecule has 1 aliphatic heterocycles. The van der Waals surface area contributed by atoms with E-state index in [0.29, 0.717) is 42.1 Å². The number of alkyl halides is 3. The van der Waals surface area contributed by atoms with Gasteiger partial charge in [-0.15, -0.1) is 0 Å². The van der Waals surface area contributed by atoms with E-state index in [2.05, 4.69) is 30.3 Å². The first-order valence-corrected chi connectivity index (χ1v) is 14.0. The molecule has 0 bridgehead atoms. The van der Waals surface area contributed by atoms with Gasteiger partial charge in [-0.1, -0.05) is 12.1 Å². The Balaban J connectivity index is 1.53. The molecule has 0 unspecified atom stereocenters. The second kappa shape index (κ2) is 11.6. The minimum Gasteiger partial charge on any atom is -0.365 e. The zero-order valence-corrected chi connectivity index (χ0v) is 22.8. The Morgan fingerprint density at radius 2 is 1.88 bits per heavy atom. The standard InChI is InChI=1S/C25H29F3N8O3S/c1-4-40(38,39)34-21-17(8-6-10-29-21)12-30-22-20(25(26,27)28)13-31-24(33-22)32-18-9-5-7-16(11-18)23(37)36-14-19(15-36)35(2)3/h5-11,13,19H,4,12,14-15H2,1-3H3,(H,29,34)(H2,30,31,32,33). The number of sulfonamides is 1. The number of nitrogens with one attached hydrogen (secondary N) is 3. The number of benzene rings is 1. The molecule has 1 aromatic carbocycles. The number of anilines is 4. The molecule has 0 atom stereocenters.